The van der Waals surface area contributed by atoms with Crippen LogP contribution in [0.25, 0.3) is 5.76 Å². The summed E-state index contributed by atoms with van der Waals surface area (Å²) in [5.41, 5.74) is 1.21. The molecule has 1 aromatic carbocycles. The second-order valence-corrected chi connectivity index (χ2v) is 3.48. The predicted molar refractivity (Wildman–Crippen MR) is 56.4 cm³/mol. The van der Waals surface area contributed by atoms with Gasteiger partial charge in [0.15, 0.2) is 0 Å². The molecule has 1 aliphatic heterocycles. The molecule has 0 spiro atoms. The number of allylic oxidation sites excluding steroid dienone is 1. The lowest BCUT2D eigenvalue weighted by Gasteiger charge is -1.98. The molecule has 1 aromatic rings. The van der Waals surface area contributed by atoms with Crippen molar-refractivity contribution >= 4 is 11.7 Å². The number of cyclic esters (lactones) is 1. The minimum atomic E-state index is -0.340. The number of ether oxygens (including phenoxy) is 1. The fourth-order valence-corrected chi connectivity index (χ4v) is 1.55. The molecule has 3 heteroatoms. The van der Waals surface area contributed by atoms with Crippen LogP contribution in [-0.2, 0) is 4.74 Å². The van der Waals surface area contributed by atoms with Gasteiger partial charge in [-0.1, -0.05) is 13.3 Å². The largest absolute Gasteiger partial charge is 0.508 e. The summed E-state index contributed by atoms with van der Waals surface area (Å²) in [4.78, 5) is 11.4. The Bertz CT molecular complexity index is 432. The average molecular weight is 204 g/mol. The van der Waals surface area contributed by atoms with E-state index < -0.39 is 0 Å². The first-order valence-corrected chi connectivity index (χ1v) is 4.98. The molecule has 0 aliphatic carbocycles. The van der Waals surface area contributed by atoms with E-state index in [1.807, 2.05) is 6.08 Å². The highest BCUT2D eigenvalue weighted by atomic mass is 16.5. The molecular formula is C12H12O3. The number of hydrogen-bond donors (Lipinski definition) is 1. The van der Waals surface area contributed by atoms with Crippen molar-refractivity contribution in [3.8, 4) is 5.75 Å². The summed E-state index contributed by atoms with van der Waals surface area (Å²) in [5, 5.41) is 9.33. The summed E-state index contributed by atoms with van der Waals surface area (Å²) >= 11 is 0. The standard InChI is InChI=1S/C12H12O3/c1-2-3-4-11-10-7-8(13)5-6-9(10)12(14)15-11/h4-7,13H,2-3H2,1H3/b11-4+. The maximum atomic E-state index is 11.4. The topological polar surface area (TPSA) is 46.5 Å². The summed E-state index contributed by atoms with van der Waals surface area (Å²) in [6.45, 7) is 2.05. The molecule has 0 radical (unpaired) electrons. The fraction of sp³-hybridized carbons (Fsp3) is 0.250. The zero-order valence-corrected chi connectivity index (χ0v) is 8.49. The van der Waals surface area contributed by atoms with Gasteiger partial charge in [0.1, 0.15) is 11.5 Å². The van der Waals surface area contributed by atoms with Gasteiger partial charge in [0.25, 0.3) is 0 Å². The van der Waals surface area contributed by atoms with Crippen LogP contribution in [0.4, 0.5) is 0 Å². The maximum Gasteiger partial charge on any atom is 0.344 e. The molecule has 0 aromatic heterocycles. The van der Waals surface area contributed by atoms with E-state index in [-0.39, 0.29) is 11.7 Å². The number of unbranched alkanes of at least 4 members (excludes halogenated alkanes) is 1. The van der Waals surface area contributed by atoms with Crippen molar-refractivity contribution < 1.29 is 14.6 Å². The van der Waals surface area contributed by atoms with Crippen molar-refractivity contribution in [1.82, 2.24) is 0 Å². The molecule has 0 saturated heterocycles. The van der Waals surface area contributed by atoms with E-state index >= 15 is 0 Å². The molecule has 2 rings (SSSR count). The smallest absolute Gasteiger partial charge is 0.344 e. The molecule has 3 nitrogen and oxygen atoms in total. The number of hydrogen-bond acceptors (Lipinski definition) is 3. The van der Waals surface area contributed by atoms with E-state index in [1.165, 1.54) is 6.07 Å². The number of esters is 1. The minimum Gasteiger partial charge on any atom is -0.508 e. The molecule has 0 atom stereocenters. The van der Waals surface area contributed by atoms with Gasteiger partial charge in [-0.2, -0.15) is 0 Å². The van der Waals surface area contributed by atoms with E-state index in [0.717, 1.165) is 12.8 Å². The van der Waals surface area contributed by atoms with Crippen molar-refractivity contribution in [2.45, 2.75) is 19.8 Å². The molecule has 0 unspecified atom stereocenters. The summed E-state index contributed by atoms with van der Waals surface area (Å²) < 4.78 is 5.10. The molecular weight excluding hydrogens is 192 g/mol. The first-order chi connectivity index (χ1) is 7.22. The molecule has 0 amide bonds. The van der Waals surface area contributed by atoms with Crippen LogP contribution in [0.15, 0.2) is 24.3 Å². The Hall–Kier alpha value is -1.77. The van der Waals surface area contributed by atoms with Crippen LogP contribution < -0.4 is 0 Å². The molecule has 0 saturated carbocycles. The molecule has 1 N–H and O–H groups in total. The number of rotatable bonds is 2. The minimum absolute atomic E-state index is 0.148. The lowest BCUT2D eigenvalue weighted by molar-refractivity contribution is 0.0715. The van der Waals surface area contributed by atoms with Gasteiger partial charge in [0, 0.05) is 5.56 Å². The highest BCUT2D eigenvalue weighted by Crippen LogP contribution is 2.32. The van der Waals surface area contributed by atoms with E-state index in [1.54, 1.807) is 12.1 Å². The van der Waals surface area contributed by atoms with E-state index in [2.05, 4.69) is 6.92 Å². The van der Waals surface area contributed by atoms with Crippen LogP contribution in [0.3, 0.4) is 0 Å². The third kappa shape index (κ3) is 1.73. The number of benzene rings is 1. The van der Waals surface area contributed by atoms with E-state index in [9.17, 15) is 9.90 Å². The zero-order chi connectivity index (χ0) is 10.8. The summed E-state index contributed by atoms with van der Waals surface area (Å²) in [5.74, 6) is 0.370. The van der Waals surface area contributed by atoms with Crippen LogP contribution in [0, 0.1) is 0 Å². The Labute approximate surface area is 88.0 Å². The molecule has 78 valence electrons. The van der Waals surface area contributed by atoms with E-state index in [4.69, 9.17) is 4.74 Å². The Morgan fingerprint density at radius 1 is 1.40 bits per heavy atom. The third-order valence-corrected chi connectivity index (χ3v) is 2.31. The third-order valence-electron chi connectivity index (χ3n) is 2.31. The van der Waals surface area contributed by atoms with Crippen LogP contribution >= 0.6 is 0 Å². The number of fused-ring (bicyclic) bond motifs is 1. The van der Waals surface area contributed by atoms with Crippen LogP contribution in [0.5, 0.6) is 5.75 Å². The first-order valence-electron chi connectivity index (χ1n) is 4.98. The fourth-order valence-electron chi connectivity index (χ4n) is 1.55. The second-order valence-electron chi connectivity index (χ2n) is 3.48. The number of aromatic hydroxyl groups is 1. The summed E-state index contributed by atoms with van der Waals surface area (Å²) in [7, 11) is 0. The maximum absolute atomic E-state index is 11.4. The summed E-state index contributed by atoms with van der Waals surface area (Å²) in [6.07, 6.45) is 3.73. The van der Waals surface area contributed by atoms with Gasteiger partial charge in [-0.25, -0.2) is 4.79 Å². The second kappa shape index (κ2) is 3.77. The number of phenolic OH excluding ortho intramolecular Hbond substituents is 1. The Morgan fingerprint density at radius 2 is 2.20 bits per heavy atom. The molecule has 1 heterocycles. The number of carbonyl (C=O) groups is 1. The number of carbonyl (C=O) groups excluding carboxylic acids is 1. The van der Waals surface area contributed by atoms with Gasteiger partial charge in [-0.3, -0.25) is 0 Å². The van der Waals surface area contributed by atoms with Gasteiger partial charge in [0.05, 0.1) is 5.56 Å². The van der Waals surface area contributed by atoms with Gasteiger partial charge in [-0.05, 0) is 30.7 Å². The average Bonchev–Trinajstić information content (AvgIpc) is 2.52. The van der Waals surface area contributed by atoms with Crippen LogP contribution in [-0.4, -0.2) is 11.1 Å². The predicted octanol–water partition coefficient (Wildman–Crippen LogP) is 2.70. The Morgan fingerprint density at radius 3 is 2.93 bits per heavy atom. The van der Waals surface area contributed by atoms with Crippen LogP contribution in [0.1, 0.15) is 35.7 Å². The van der Waals surface area contributed by atoms with Gasteiger partial charge < -0.3 is 9.84 Å². The van der Waals surface area contributed by atoms with Crippen molar-refractivity contribution in [1.29, 1.82) is 0 Å². The highest BCUT2D eigenvalue weighted by molar-refractivity contribution is 6.03. The quantitative estimate of drug-likeness (QED) is 0.753. The van der Waals surface area contributed by atoms with Gasteiger partial charge >= 0.3 is 5.97 Å². The van der Waals surface area contributed by atoms with Crippen molar-refractivity contribution in [3.05, 3.63) is 35.4 Å². The van der Waals surface area contributed by atoms with Crippen molar-refractivity contribution in [2.24, 2.45) is 0 Å². The Kier molecular flexibility index (Phi) is 2.46. The molecule has 0 fully saturated rings. The molecule has 0 bridgehead atoms. The van der Waals surface area contributed by atoms with Crippen molar-refractivity contribution in [3.63, 3.8) is 0 Å². The molecule has 15 heavy (non-hydrogen) atoms. The molecule has 1 aliphatic rings. The normalized spacial score (nSPS) is 16.6. The number of phenols is 1. The van der Waals surface area contributed by atoms with Gasteiger partial charge in [-0.15, -0.1) is 0 Å². The SMILES string of the molecule is CCC/C=C1/OC(=O)c2ccc(O)cc21. The lowest BCUT2D eigenvalue weighted by Crippen LogP contribution is -1.92. The van der Waals surface area contributed by atoms with Crippen LogP contribution in [0.2, 0.25) is 0 Å². The van der Waals surface area contributed by atoms with E-state index in [0.29, 0.717) is 16.9 Å². The van der Waals surface area contributed by atoms with Gasteiger partial charge in [0.2, 0.25) is 0 Å². The zero-order valence-electron chi connectivity index (χ0n) is 8.49. The first kappa shape index (κ1) is 9.77. The van der Waals surface area contributed by atoms with Crippen molar-refractivity contribution in [2.75, 3.05) is 0 Å². The highest BCUT2D eigenvalue weighted by Gasteiger charge is 2.26. The monoisotopic (exact) mass is 204 g/mol. The Balaban J connectivity index is 2.44. The lowest BCUT2D eigenvalue weighted by atomic mass is 10.1. The summed E-state index contributed by atoms with van der Waals surface area (Å²) in [6, 6.07) is 4.63.